The van der Waals surface area contributed by atoms with E-state index >= 15 is 0 Å². The van der Waals surface area contributed by atoms with Crippen LogP contribution in [0.25, 0.3) is 0 Å². The first-order valence-electron chi connectivity index (χ1n) is 8.71. The van der Waals surface area contributed by atoms with Crippen molar-refractivity contribution < 1.29 is 4.79 Å². The van der Waals surface area contributed by atoms with Gasteiger partial charge < -0.3 is 5.32 Å². The number of urea groups is 1. The zero-order chi connectivity index (χ0) is 17.8. The maximum atomic E-state index is 12.2. The summed E-state index contributed by atoms with van der Waals surface area (Å²) in [6, 6.07) is 14.7. The van der Waals surface area contributed by atoms with E-state index in [-0.39, 0.29) is 12.1 Å². The van der Waals surface area contributed by atoms with Crippen LogP contribution in [0, 0.1) is 0 Å². The van der Waals surface area contributed by atoms with E-state index in [0.29, 0.717) is 6.54 Å². The van der Waals surface area contributed by atoms with Gasteiger partial charge >= 0.3 is 6.03 Å². The molecule has 134 valence electrons. The molecule has 26 heavy (non-hydrogen) atoms. The zero-order valence-corrected chi connectivity index (χ0v) is 16.0. The number of hydrogen-bond donors (Lipinski definition) is 2. The molecule has 1 atom stereocenters. The van der Waals surface area contributed by atoms with Crippen molar-refractivity contribution in [1.82, 2.24) is 10.2 Å². The predicted molar refractivity (Wildman–Crippen MR) is 109 cm³/mol. The highest BCUT2D eigenvalue weighted by Gasteiger charge is 2.25. The Bertz CT molecular complexity index is 846. The van der Waals surface area contributed by atoms with E-state index in [0.717, 1.165) is 24.5 Å². The quantitative estimate of drug-likeness (QED) is 0.669. The molecule has 2 amide bonds. The fourth-order valence-corrected chi connectivity index (χ4v) is 4.72. The summed E-state index contributed by atoms with van der Waals surface area (Å²) in [5.74, 6) is 0. The highest BCUT2D eigenvalue weighted by atomic mass is 32.1. The van der Waals surface area contributed by atoms with Gasteiger partial charge in [0, 0.05) is 19.6 Å². The van der Waals surface area contributed by atoms with Crippen LogP contribution in [0.2, 0.25) is 0 Å². The van der Waals surface area contributed by atoms with E-state index in [1.165, 1.54) is 28.0 Å². The molecule has 2 aromatic heterocycles. The first-order valence-corrected chi connectivity index (χ1v) is 10.5. The van der Waals surface area contributed by atoms with E-state index in [9.17, 15) is 4.79 Å². The fraction of sp³-hybridized carbons (Fsp3) is 0.250. The van der Waals surface area contributed by atoms with E-state index < -0.39 is 0 Å². The van der Waals surface area contributed by atoms with Gasteiger partial charge in [0.05, 0.1) is 11.0 Å². The Hall–Kier alpha value is -2.15. The summed E-state index contributed by atoms with van der Waals surface area (Å²) in [6.45, 7) is 2.52. The fourth-order valence-electron chi connectivity index (χ4n) is 3.40. The average Bonchev–Trinajstić information content (AvgIpc) is 3.36. The van der Waals surface area contributed by atoms with Crippen LogP contribution in [0.1, 0.15) is 22.7 Å². The zero-order valence-electron chi connectivity index (χ0n) is 14.4. The van der Waals surface area contributed by atoms with Gasteiger partial charge in [0.25, 0.3) is 0 Å². The second kappa shape index (κ2) is 8.03. The predicted octanol–water partition coefficient (Wildman–Crippen LogP) is 4.73. The molecule has 0 saturated heterocycles. The molecular weight excluding hydrogens is 362 g/mol. The number of amides is 2. The lowest BCUT2D eigenvalue weighted by molar-refractivity contribution is 0.176. The molecule has 4 nitrogen and oxygen atoms in total. The molecule has 0 bridgehead atoms. The van der Waals surface area contributed by atoms with E-state index in [2.05, 4.69) is 56.6 Å². The summed E-state index contributed by atoms with van der Waals surface area (Å²) in [7, 11) is 0. The third-order valence-corrected chi connectivity index (χ3v) is 6.23. The molecule has 6 heteroatoms. The van der Waals surface area contributed by atoms with Crippen LogP contribution in [0.15, 0.2) is 58.6 Å². The Morgan fingerprint density at radius 3 is 2.77 bits per heavy atom. The normalized spacial score (nSPS) is 15.2. The molecule has 0 radical (unpaired) electrons. The lowest BCUT2D eigenvalue weighted by atomic mass is 9.97. The molecule has 0 aliphatic carbocycles. The molecule has 0 spiro atoms. The number of anilines is 1. The number of rotatable bonds is 5. The molecule has 1 aromatic carbocycles. The van der Waals surface area contributed by atoms with Crippen molar-refractivity contribution in [3.63, 3.8) is 0 Å². The standard InChI is InChI=1S/C20H21N3OS2/c24-20(22-19-6-3-10-26-19)21-12-18(17-8-11-25-14-17)23-9-7-15-4-1-2-5-16(15)13-23/h1-6,8,10-11,14,18H,7,9,12-13H2,(H2,21,22,24). The minimum Gasteiger partial charge on any atom is -0.336 e. The van der Waals surface area contributed by atoms with Crippen LogP contribution in [-0.4, -0.2) is 24.0 Å². The summed E-state index contributed by atoms with van der Waals surface area (Å²) in [6.07, 6.45) is 1.05. The number of fused-ring (bicyclic) bond motifs is 1. The number of thiophene rings is 2. The Kier molecular flexibility index (Phi) is 5.34. The SMILES string of the molecule is O=C(NCC(c1ccsc1)N1CCc2ccccc2C1)Nc1cccs1. The highest BCUT2D eigenvalue weighted by Crippen LogP contribution is 2.28. The van der Waals surface area contributed by atoms with Crippen molar-refractivity contribution in [3.8, 4) is 0 Å². The maximum absolute atomic E-state index is 12.2. The van der Waals surface area contributed by atoms with Crippen molar-refractivity contribution >= 4 is 33.7 Å². The summed E-state index contributed by atoms with van der Waals surface area (Å²) >= 11 is 3.23. The largest absolute Gasteiger partial charge is 0.336 e. The third kappa shape index (κ3) is 3.98. The lowest BCUT2D eigenvalue weighted by Gasteiger charge is -2.35. The molecule has 3 aromatic rings. The Balaban J connectivity index is 1.45. The third-order valence-electron chi connectivity index (χ3n) is 4.74. The van der Waals surface area contributed by atoms with Crippen molar-refractivity contribution in [2.45, 2.75) is 19.0 Å². The summed E-state index contributed by atoms with van der Waals surface area (Å²) < 4.78 is 0. The molecule has 0 saturated carbocycles. The van der Waals surface area contributed by atoms with Crippen LogP contribution in [-0.2, 0) is 13.0 Å². The van der Waals surface area contributed by atoms with Crippen LogP contribution in [0.4, 0.5) is 9.80 Å². The van der Waals surface area contributed by atoms with Crippen molar-refractivity contribution in [1.29, 1.82) is 0 Å². The number of carbonyl (C=O) groups excluding carboxylic acids is 1. The second-order valence-electron chi connectivity index (χ2n) is 6.37. The molecule has 1 unspecified atom stereocenters. The van der Waals surface area contributed by atoms with Gasteiger partial charge in [-0.25, -0.2) is 4.79 Å². The van der Waals surface area contributed by atoms with Crippen LogP contribution < -0.4 is 10.6 Å². The first-order chi connectivity index (χ1) is 12.8. The number of nitrogens with zero attached hydrogens (tertiary/aromatic N) is 1. The topological polar surface area (TPSA) is 44.4 Å². The van der Waals surface area contributed by atoms with Gasteiger partial charge in [0.15, 0.2) is 0 Å². The highest BCUT2D eigenvalue weighted by molar-refractivity contribution is 7.14. The van der Waals surface area contributed by atoms with Crippen LogP contribution in [0.5, 0.6) is 0 Å². The lowest BCUT2D eigenvalue weighted by Crippen LogP contribution is -2.41. The van der Waals surface area contributed by atoms with Crippen LogP contribution >= 0.6 is 22.7 Å². The summed E-state index contributed by atoms with van der Waals surface area (Å²) in [5, 5.41) is 13.0. The minimum atomic E-state index is -0.148. The maximum Gasteiger partial charge on any atom is 0.319 e. The molecule has 0 fully saturated rings. The van der Waals surface area contributed by atoms with Gasteiger partial charge in [0.2, 0.25) is 0 Å². The molecule has 3 heterocycles. The Morgan fingerprint density at radius 1 is 1.12 bits per heavy atom. The summed E-state index contributed by atoms with van der Waals surface area (Å²) in [4.78, 5) is 14.7. The molecule has 2 N–H and O–H groups in total. The van der Waals surface area contributed by atoms with Gasteiger partial charge in [-0.3, -0.25) is 10.2 Å². The molecule has 1 aliphatic rings. The van der Waals surface area contributed by atoms with E-state index in [1.54, 1.807) is 11.3 Å². The van der Waals surface area contributed by atoms with Crippen molar-refractivity contribution in [3.05, 3.63) is 75.3 Å². The molecular formula is C20H21N3OS2. The minimum absolute atomic E-state index is 0.148. The Morgan fingerprint density at radius 2 is 2.00 bits per heavy atom. The van der Waals surface area contributed by atoms with E-state index in [4.69, 9.17) is 0 Å². The van der Waals surface area contributed by atoms with E-state index in [1.807, 2.05) is 17.5 Å². The summed E-state index contributed by atoms with van der Waals surface area (Å²) in [5.41, 5.74) is 4.10. The monoisotopic (exact) mass is 383 g/mol. The number of carbonyl (C=O) groups is 1. The van der Waals surface area contributed by atoms with Crippen LogP contribution in [0.3, 0.4) is 0 Å². The molecule has 1 aliphatic heterocycles. The number of benzene rings is 1. The first kappa shape index (κ1) is 17.3. The van der Waals surface area contributed by atoms with Gasteiger partial charge in [0.1, 0.15) is 0 Å². The van der Waals surface area contributed by atoms with Gasteiger partial charge in [-0.15, -0.1) is 11.3 Å². The molecule has 4 rings (SSSR count). The smallest absolute Gasteiger partial charge is 0.319 e. The van der Waals surface area contributed by atoms with Crippen molar-refractivity contribution in [2.75, 3.05) is 18.4 Å². The number of nitrogens with one attached hydrogen (secondary N) is 2. The number of hydrogen-bond acceptors (Lipinski definition) is 4. The second-order valence-corrected chi connectivity index (χ2v) is 8.10. The van der Waals surface area contributed by atoms with Gasteiger partial charge in [-0.2, -0.15) is 11.3 Å². The Labute approximate surface area is 161 Å². The average molecular weight is 384 g/mol. The van der Waals surface area contributed by atoms with Gasteiger partial charge in [-0.05, 0) is 57.5 Å². The van der Waals surface area contributed by atoms with Gasteiger partial charge in [-0.1, -0.05) is 24.3 Å². The van der Waals surface area contributed by atoms with Crippen molar-refractivity contribution in [2.24, 2.45) is 0 Å².